The van der Waals surface area contributed by atoms with Crippen molar-refractivity contribution in [3.05, 3.63) is 35.9 Å². The van der Waals surface area contributed by atoms with Crippen molar-refractivity contribution < 1.29 is 19.7 Å². The van der Waals surface area contributed by atoms with E-state index in [2.05, 4.69) is 10.2 Å². The molecule has 5 nitrogen and oxygen atoms in total. The maximum absolute atomic E-state index is 11.2. The van der Waals surface area contributed by atoms with Crippen LogP contribution in [-0.2, 0) is 16.2 Å². The molecule has 88 valence electrons. The third-order valence-electron chi connectivity index (χ3n) is 1.93. The quantitative estimate of drug-likeness (QED) is 0.592. The van der Waals surface area contributed by atoms with Crippen LogP contribution in [0.15, 0.2) is 30.3 Å². The van der Waals surface area contributed by atoms with Crippen LogP contribution in [0.3, 0.4) is 0 Å². The first kappa shape index (κ1) is 12.5. The summed E-state index contributed by atoms with van der Waals surface area (Å²) in [5, 5.41) is 10.7. The van der Waals surface area contributed by atoms with Crippen molar-refractivity contribution in [1.29, 1.82) is 0 Å². The summed E-state index contributed by atoms with van der Waals surface area (Å²) in [6, 6.07) is 9.37. The van der Waals surface area contributed by atoms with Gasteiger partial charge >= 0.3 is 6.09 Å². The number of amides is 1. The Morgan fingerprint density at radius 3 is 2.75 bits per heavy atom. The second-order valence-corrected chi connectivity index (χ2v) is 3.36. The minimum atomic E-state index is -0.534. The van der Waals surface area contributed by atoms with E-state index in [4.69, 9.17) is 9.99 Å². The fraction of sp³-hybridized carbons (Fsp3) is 0.364. The molecule has 2 N–H and O–H groups in total. The Morgan fingerprint density at radius 2 is 2.12 bits per heavy atom. The Kier molecular flexibility index (Phi) is 5.31. The molecule has 0 aliphatic heterocycles. The Bertz CT molecular complexity index is 315. The van der Waals surface area contributed by atoms with Crippen molar-refractivity contribution in [2.45, 2.75) is 19.6 Å². The summed E-state index contributed by atoms with van der Waals surface area (Å²) < 4.78 is 4.94. The van der Waals surface area contributed by atoms with Gasteiger partial charge in [-0.1, -0.05) is 30.3 Å². The average Bonchev–Trinajstić information content (AvgIpc) is 2.34. The summed E-state index contributed by atoms with van der Waals surface area (Å²) in [4.78, 5) is 15.2. The van der Waals surface area contributed by atoms with E-state index in [-0.39, 0.29) is 13.2 Å². The monoisotopic (exact) mass is 225 g/mol. The van der Waals surface area contributed by atoms with Gasteiger partial charge in [-0.15, -0.1) is 0 Å². The van der Waals surface area contributed by atoms with Crippen LogP contribution in [0.4, 0.5) is 4.79 Å². The molecule has 1 aromatic carbocycles. The van der Waals surface area contributed by atoms with Gasteiger partial charge in [0, 0.05) is 6.54 Å². The highest BCUT2D eigenvalue weighted by molar-refractivity contribution is 5.67. The number of hydrogen-bond donors (Lipinski definition) is 2. The molecular weight excluding hydrogens is 210 g/mol. The van der Waals surface area contributed by atoms with E-state index < -0.39 is 12.2 Å². The number of hydrogen-bond acceptors (Lipinski definition) is 4. The molecule has 5 heteroatoms. The lowest BCUT2D eigenvalue weighted by molar-refractivity contribution is -0.271. The molecule has 1 atom stereocenters. The van der Waals surface area contributed by atoms with E-state index in [1.54, 1.807) is 6.92 Å². The van der Waals surface area contributed by atoms with Gasteiger partial charge in [-0.05, 0) is 12.5 Å². The van der Waals surface area contributed by atoms with Crippen molar-refractivity contribution in [2.24, 2.45) is 0 Å². The molecule has 1 aromatic rings. The fourth-order valence-electron chi connectivity index (χ4n) is 1.04. The van der Waals surface area contributed by atoms with Gasteiger partial charge in [-0.3, -0.25) is 5.26 Å². The Labute approximate surface area is 93.9 Å². The van der Waals surface area contributed by atoms with Gasteiger partial charge in [0.25, 0.3) is 0 Å². The number of nitrogens with one attached hydrogen (secondary N) is 1. The maximum atomic E-state index is 11.2. The second-order valence-electron chi connectivity index (χ2n) is 3.36. The molecule has 0 aromatic heterocycles. The lowest BCUT2D eigenvalue weighted by atomic mass is 10.2. The molecule has 1 rings (SSSR count). The predicted octanol–water partition coefficient (Wildman–Crippen LogP) is 1.79. The summed E-state index contributed by atoms with van der Waals surface area (Å²) in [5.74, 6) is 0. The highest BCUT2D eigenvalue weighted by Gasteiger charge is 2.05. The van der Waals surface area contributed by atoms with Gasteiger partial charge in [-0.25, -0.2) is 9.68 Å². The Morgan fingerprint density at radius 1 is 1.44 bits per heavy atom. The number of carbonyl (C=O) groups is 1. The van der Waals surface area contributed by atoms with Crippen LogP contribution in [-0.4, -0.2) is 24.0 Å². The molecule has 0 bridgehead atoms. The van der Waals surface area contributed by atoms with Gasteiger partial charge in [0.15, 0.2) is 0 Å². The molecule has 1 unspecified atom stereocenters. The molecule has 0 aliphatic rings. The van der Waals surface area contributed by atoms with Gasteiger partial charge in [0.05, 0.1) is 0 Å². The predicted molar refractivity (Wildman–Crippen MR) is 57.8 cm³/mol. The van der Waals surface area contributed by atoms with E-state index in [0.717, 1.165) is 5.56 Å². The number of carbonyl (C=O) groups excluding carboxylic acids is 1. The van der Waals surface area contributed by atoms with Gasteiger partial charge in [0.1, 0.15) is 12.7 Å². The largest absolute Gasteiger partial charge is 0.445 e. The molecule has 0 saturated carbocycles. The molecule has 0 radical (unpaired) electrons. The Hall–Kier alpha value is -1.59. The SMILES string of the molecule is CC(CNC(=O)OCc1ccccc1)OO. The van der Waals surface area contributed by atoms with Crippen LogP contribution in [0.25, 0.3) is 0 Å². The number of benzene rings is 1. The van der Waals surface area contributed by atoms with Crippen molar-refractivity contribution in [3.63, 3.8) is 0 Å². The average molecular weight is 225 g/mol. The molecule has 16 heavy (non-hydrogen) atoms. The highest BCUT2D eigenvalue weighted by atomic mass is 17.1. The first-order valence-corrected chi connectivity index (χ1v) is 4.97. The summed E-state index contributed by atoms with van der Waals surface area (Å²) in [6.45, 7) is 2.04. The number of rotatable bonds is 5. The maximum Gasteiger partial charge on any atom is 0.407 e. The van der Waals surface area contributed by atoms with E-state index in [1.165, 1.54) is 0 Å². The zero-order valence-corrected chi connectivity index (χ0v) is 9.05. The molecule has 0 spiro atoms. The molecule has 0 heterocycles. The van der Waals surface area contributed by atoms with Crippen molar-refractivity contribution in [2.75, 3.05) is 6.54 Å². The zero-order chi connectivity index (χ0) is 11.8. The second kappa shape index (κ2) is 6.81. The lowest BCUT2D eigenvalue weighted by Crippen LogP contribution is -2.32. The van der Waals surface area contributed by atoms with E-state index in [0.29, 0.717) is 0 Å². The third kappa shape index (κ3) is 4.77. The third-order valence-corrected chi connectivity index (χ3v) is 1.93. The minimum absolute atomic E-state index is 0.199. The van der Waals surface area contributed by atoms with Crippen LogP contribution in [0.2, 0.25) is 0 Å². The van der Waals surface area contributed by atoms with Crippen molar-refractivity contribution in [1.82, 2.24) is 5.32 Å². The molecular formula is C11H15NO4. The van der Waals surface area contributed by atoms with Crippen LogP contribution >= 0.6 is 0 Å². The molecule has 0 aliphatic carbocycles. The first-order chi connectivity index (χ1) is 7.72. The van der Waals surface area contributed by atoms with E-state index in [1.807, 2.05) is 30.3 Å². The van der Waals surface area contributed by atoms with Crippen LogP contribution < -0.4 is 5.32 Å². The Balaban J connectivity index is 2.20. The van der Waals surface area contributed by atoms with Gasteiger partial charge < -0.3 is 10.1 Å². The number of alkyl carbamates (subject to hydrolysis) is 1. The van der Waals surface area contributed by atoms with Crippen LogP contribution in [0.5, 0.6) is 0 Å². The summed E-state index contributed by atoms with van der Waals surface area (Å²) in [6.07, 6.45) is -0.989. The minimum Gasteiger partial charge on any atom is -0.445 e. The van der Waals surface area contributed by atoms with E-state index >= 15 is 0 Å². The van der Waals surface area contributed by atoms with E-state index in [9.17, 15) is 4.79 Å². The zero-order valence-electron chi connectivity index (χ0n) is 9.05. The fourth-order valence-corrected chi connectivity index (χ4v) is 1.04. The van der Waals surface area contributed by atoms with Crippen LogP contribution in [0.1, 0.15) is 12.5 Å². The summed E-state index contributed by atoms with van der Waals surface area (Å²) in [7, 11) is 0. The molecule has 1 amide bonds. The smallest absolute Gasteiger partial charge is 0.407 e. The standard InChI is InChI=1S/C11H15NO4/c1-9(16-14)7-12-11(13)15-8-10-5-3-2-4-6-10/h2-6,9,14H,7-8H2,1H3,(H,12,13). The molecule has 0 fully saturated rings. The van der Waals surface area contributed by atoms with Crippen molar-refractivity contribution in [3.8, 4) is 0 Å². The first-order valence-electron chi connectivity index (χ1n) is 4.97. The van der Waals surface area contributed by atoms with Gasteiger partial charge in [-0.2, -0.15) is 0 Å². The summed E-state index contributed by atoms with van der Waals surface area (Å²) in [5.41, 5.74) is 0.920. The van der Waals surface area contributed by atoms with Crippen LogP contribution in [0, 0.1) is 0 Å². The normalized spacial score (nSPS) is 11.9. The number of ether oxygens (including phenoxy) is 1. The summed E-state index contributed by atoms with van der Waals surface area (Å²) >= 11 is 0. The van der Waals surface area contributed by atoms with Gasteiger partial charge in [0.2, 0.25) is 0 Å². The van der Waals surface area contributed by atoms with Crippen molar-refractivity contribution >= 4 is 6.09 Å². The topological polar surface area (TPSA) is 67.8 Å². The molecule has 0 saturated heterocycles. The highest BCUT2D eigenvalue weighted by Crippen LogP contribution is 2.00. The lowest BCUT2D eigenvalue weighted by Gasteiger charge is -2.09.